The monoisotopic (exact) mass is 265 g/mol. The maximum Gasteiger partial charge on any atom is 0.357 e. The summed E-state index contributed by atoms with van der Waals surface area (Å²) in [5.74, 6) is 0.203. The summed E-state index contributed by atoms with van der Waals surface area (Å²) in [4.78, 5) is 18.7. The van der Waals surface area contributed by atoms with E-state index in [9.17, 15) is 4.79 Å². The lowest BCUT2D eigenvalue weighted by molar-refractivity contribution is 0.0690. The summed E-state index contributed by atoms with van der Waals surface area (Å²) >= 11 is 0. The van der Waals surface area contributed by atoms with Crippen LogP contribution in [-0.4, -0.2) is 31.2 Å². The third kappa shape index (κ3) is 3.09. The van der Waals surface area contributed by atoms with Crippen LogP contribution in [0.4, 0.5) is 6.01 Å². The molecule has 2 heterocycles. The molecule has 0 amide bonds. The van der Waals surface area contributed by atoms with Crippen LogP contribution in [0, 0.1) is 0 Å². The van der Waals surface area contributed by atoms with Crippen molar-refractivity contribution in [2.24, 2.45) is 0 Å². The van der Waals surface area contributed by atoms with Gasteiger partial charge in [-0.25, -0.2) is 9.78 Å². The highest BCUT2D eigenvalue weighted by molar-refractivity contribution is 5.85. The van der Waals surface area contributed by atoms with Crippen molar-refractivity contribution < 1.29 is 14.3 Å². The number of hydrogen-bond acceptors (Lipinski definition) is 6. The second-order valence-electron chi connectivity index (χ2n) is 5.05. The second-order valence-corrected chi connectivity index (χ2v) is 5.05. The molecule has 0 aromatic carbocycles. The molecule has 0 saturated heterocycles. The smallest absolute Gasteiger partial charge is 0.357 e. The number of nitrogens with zero attached hydrogens (tertiary/aromatic N) is 3. The number of anilines is 1. The Kier molecular flexibility index (Phi) is 3.24. The summed E-state index contributed by atoms with van der Waals surface area (Å²) in [6, 6.07) is 0.131. The molecule has 3 N–H and O–H groups in total. The number of carbonyl (C=O) groups is 1. The predicted molar refractivity (Wildman–Crippen MR) is 65.9 cm³/mol. The van der Waals surface area contributed by atoms with Crippen LogP contribution in [0.25, 0.3) is 0 Å². The van der Waals surface area contributed by atoms with Gasteiger partial charge in [0.15, 0.2) is 11.5 Å². The van der Waals surface area contributed by atoms with E-state index in [2.05, 4.69) is 25.5 Å². The Labute approximate surface area is 109 Å². The minimum atomic E-state index is -1.13. The first-order valence-corrected chi connectivity index (χ1v) is 5.70. The molecule has 0 radical (unpaired) electrons. The molecule has 0 spiro atoms. The average Bonchev–Trinajstić information content (AvgIpc) is 2.95. The molecular formula is C11H15N5O3. The molecule has 102 valence electrons. The Hall–Kier alpha value is -2.38. The van der Waals surface area contributed by atoms with E-state index in [4.69, 9.17) is 9.52 Å². The minimum Gasteiger partial charge on any atom is -0.476 e. The van der Waals surface area contributed by atoms with E-state index in [1.807, 2.05) is 20.8 Å². The fourth-order valence-electron chi connectivity index (χ4n) is 1.32. The Morgan fingerprint density at radius 2 is 2.21 bits per heavy atom. The van der Waals surface area contributed by atoms with Gasteiger partial charge in [-0.1, -0.05) is 20.8 Å². The zero-order valence-electron chi connectivity index (χ0n) is 10.9. The second kappa shape index (κ2) is 4.71. The van der Waals surface area contributed by atoms with Crippen LogP contribution in [-0.2, 0) is 12.0 Å². The zero-order valence-corrected chi connectivity index (χ0v) is 10.9. The van der Waals surface area contributed by atoms with E-state index in [0.29, 0.717) is 18.2 Å². The van der Waals surface area contributed by atoms with Gasteiger partial charge in [-0.2, -0.15) is 10.1 Å². The highest BCUT2D eigenvalue weighted by Gasteiger charge is 2.19. The Balaban J connectivity index is 1.98. The van der Waals surface area contributed by atoms with Crippen molar-refractivity contribution in [2.75, 3.05) is 5.32 Å². The van der Waals surface area contributed by atoms with E-state index in [1.54, 1.807) is 0 Å². The number of oxazole rings is 1. The predicted octanol–water partition coefficient (Wildman–Crippen LogP) is 1.40. The molecule has 0 bridgehead atoms. The van der Waals surface area contributed by atoms with Gasteiger partial charge in [0.25, 0.3) is 6.01 Å². The molecule has 0 unspecified atom stereocenters. The molecule has 2 aromatic rings. The third-order valence-electron chi connectivity index (χ3n) is 2.33. The van der Waals surface area contributed by atoms with Crippen molar-refractivity contribution in [2.45, 2.75) is 32.7 Å². The summed E-state index contributed by atoms with van der Waals surface area (Å²) in [6.45, 7) is 6.37. The van der Waals surface area contributed by atoms with Crippen LogP contribution >= 0.6 is 0 Å². The summed E-state index contributed by atoms with van der Waals surface area (Å²) < 4.78 is 4.96. The van der Waals surface area contributed by atoms with Crippen molar-refractivity contribution >= 4 is 12.0 Å². The largest absolute Gasteiger partial charge is 0.476 e. The van der Waals surface area contributed by atoms with Gasteiger partial charge in [0.05, 0.1) is 6.54 Å². The lowest BCUT2D eigenvalue weighted by atomic mass is 9.96. The summed E-state index contributed by atoms with van der Waals surface area (Å²) in [7, 11) is 0. The number of carboxylic acid groups (broad SMARTS) is 1. The van der Waals surface area contributed by atoms with Crippen molar-refractivity contribution in [1.29, 1.82) is 0 Å². The lowest BCUT2D eigenvalue weighted by Gasteiger charge is -2.11. The first kappa shape index (κ1) is 13.1. The van der Waals surface area contributed by atoms with Crippen molar-refractivity contribution in [1.82, 2.24) is 20.2 Å². The molecule has 0 atom stereocenters. The molecule has 0 aliphatic heterocycles. The van der Waals surface area contributed by atoms with Gasteiger partial charge in [-0.3, -0.25) is 5.10 Å². The van der Waals surface area contributed by atoms with Gasteiger partial charge in [0.1, 0.15) is 12.1 Å². The molecule has 2 aromatic heterocycles. The molecule has 0 fully saturated rings. The zero-order chi connectivity index (χ0) is 14.0. The topological polar surface area (TPSA) is 117 Å². The Morgan fingerprint density at radius 1 is 1.47 bits per heavy atom. The van der Waals surface area contributed by atoms with Gasteiger partial charge < -0.3 is 14.8 Å². The number of aromatic amines is 1. The van der Waals surface area contributed by atoms with E-state index in [-0.39, 0.29) is 17.1 Å². The highest BCUT2D eigenvalue weighted by Crippen LogP contribution is 2.17. The number of H-pyrrole nitrogens is 1. The highest BCUT2D eigenvalue weighted by atomic mass is 16.4. The van der Waals surface area contributed by atoms with Crippen LogP contribution in [0.3, 0.4) is 0 Å². The van der Waals surface area contributed by atoms with Crippen LogP contribution in [0.5, 0.6) is 0 Å². The summed E-state index contributed by atoms with van der Waals surface area (Å²) in [6.07, 6.45) is 1.08. The average molecular weight is 265 g/mol. The van der Waals surface area contributed by atoms with Crippen molar-refractivity contribution in [3.63, 3.8) is 0 Å². The number of hydrogen-bond donors (Lipinski definition) is 3. The fraction of sp³-hybridized carbons (Fsp3) is 0.455. The molecule has 8 nitrogen and oxygen atoms in total. The van der Waals surface area contributed by atoms with Gasteiger partial charge in [-0.15, -0.1) is 0 Å². The number of aromatic carboxylic acids is 1. The van der Waals surface area contributed by atoms with Gasteiger partial charge in [0, 0.05) is 5.41 Å². The van der Waals surface area contributed by atoms with E-state index in [0.717, 1.165) is 6.26 Å². The van der Waals surface area contributed by atoms with Crippen molar-refractivity contribution in [3.8, 4) is 0 Å². The fourth-order valence-corrected chi connectivity index (χ4v) is 1.32. The van der Waals surface area contributed by atoms with Crippen LogP contribution in [0.2, 0.25) is 0 Å². The molecule has 0 aliphatic rings. The Morgan fingerprint density at radius 3 is 2.74 bits per heavy atom. The quantitative estimate of drug-likeness (QED) is 0.764. The van der Waals surface area contributed by atoms with Crippen LogP contribution in [0.1, 0.15) is 42.9 Å². The van der Waals surface area contributed by atoms with Crippen molar-refractivity contribution in [3.05, 3.63) is 23.6 Å². The molecule has 19 heavy (non-hydrogen) atoms. The Bertz CT molecular complexity index is 581. The third-order valence-corrected chi connectivity index (χ3v) is 2.33. The molecule has 2 rings (SSSR count). The molecular weight excluding hydrogens is 250 g/mol. The van der Waals surface area contributed by atoms with Crippen LogP contribution in [0.15, 0.2) is 10.7 Å². The lowest BCUT2D eigenvalue weighted by Crippen LogP contribution is -2.13. The normalized spacial score (nSPS) is 11.5. The standard InChI is InChI=1S/C11H15N5O3/c1-11(2,3)9-14-7(15-16-9)4-12-10-13-6(5-19-10)8(17)18/h5H,4H2,1-3H3,(H,12,13)(H,17,18)(H,14,15,16). The van der Waals surface area contributed by atoms with E-state index in [1.165, 1.54) is 0 Å². The number of rotatable bonds is 4. The van der Waals surface area contributed by atoms with E-state index >= 15 is 0 Å². The first-order valence-electron chi connectivity index (χ1n) is 5.70. The van der Waals surface area contributed by atoms with E-state index < -0.39 is 5.97 Å². The number of nitrogens with one attached hydrogen (secondary N) is 2. The molecule has 8 heteroatoms. The maximum atomic E-state index is 10.6. The minimum absolute atomic E-state index is 0.131. The van der Waals surface area contributed by atoms with Gasteiger partial charge in [-0.05, 0) is 0 Å². The molecule has 0 aliphatic carbocycles. The van der Waals surface area contributed by atoms with Crippen LogP contribution < -0.4 is 5.32 Å². The SMILES string of the molecule is CC(C)(C)c1n[nH]c(CNc2nc(C(=O)O)co2)n1. The number of carboxylic acids is 1. The maximum absolute atomic E-state index is 10.6. The van der Waals surface area contributed by atoms with Gasteiger partial charge in [0.2, 0.25) is 0 Å². The summed E-state index contributed by atoms with van der Waals surface area (Å²) in [5, 5.41) is 18.4. The summed E-state index contributed by atoms with van der Waals surface area (Å²) in [5.41, 5.74) is -0.274. The molecule has 0 saturated carbocycles. The number of aromatic nitrogens is 4. The van der Waals surface area contributed by atoms with Gasteiger partial charge >= 0.3 is 5.97 Å². The first-order chi connectivity index (χ1) is 8.86.